The van der Waals surface area contributed by atoms with E-state index in [9.17, 15) is 13.6 Å². The number of nitrogens with zero attached hydrogens (tertiary/aromatic N) is 1. The first kappa shape index (κ1) is 19.8. The Kier molecular flexibility index (Phi) is 5.76. The first-order valence-corrected chi connectivity index (χ1v) is 10.5. The Hall–Kier alpha value is -2.54. The lowest BCUT2D eigenvalue weighted by molar-refractivity contribution is -0.129. The predicted molar refractivity (Wildman–Crippen MR) is 110 cm³/mol. The number of rotatable bonds is 5. The van der Waals surface area contributed by atoms with Gasteiger partial charge in [-0.15, -0.1) is 11.8 Å². The van der Waals surface area contributed by atoms with Crippen molar-refractivity contribution in [1.29, 1.82) is 0 Å². The number of hydrogen-bond acceptors (Lipinski definition) is 3. The third kappa shape index (κ3) is 4.24. The van der Waals surface area contributed by atoms with Crippen LogP contribution < -0.4 is 4.74 Å². The smallest absolute Gasteiger partial charge is 0.232 e. The van der Waals surface area contributed by atoms with Gasteiger partial charge in [0, 0.05) is 35.1 Å². The van der Waals surface area contributed by atoms with E-state index in [1.54, 1.807) is 7.11 Å². The highest BCUT2D eigenvalue weighted by Gasteiger charge is 2.25. The van der Waals surface area contributed by atoms with Crippen molar-refractivity contribution in [2.45, 2.75) is 23.7 Å². The second kappa shape index (κ2) is 8.45. The molecule has 0 unspecified atom stereocenters. The lowest BCUT2D eigenvalue weighted by Crippen LogP contribution is -2.38. The van der Waals surface area contributed by atoms with Crippen LogP contribution in [-0.2, 0) is 4.79 Å². The second-order valence-corrected chi connectivity index (χ2v) is 8.22. The molecule has 3 aromatic rings. The molecule has 1 N–H and O–H groups in total. The van der Waals surface area contributed by atoms with Crippen LogP contribution in [0.15, 0.2) is 47.5 Å². The molecule has 0 saturated carbocycles. The standard InChI is InChI=1S/C22H22F2N2O2S/c1-28-15-2-5-21-17(10-15)18(12-25-21)14-6-8-26(9-7-14)22(27)13-29-16-3-4-19(23)20(24)11-16/h2-5,10-12,14,25H,6-9,13H2,1H3. The highest BCUT2D eigenvalue weighted by molar-refractivity contribution is 8.00. The number of fused-ring (bicyclic) bond motifs is 1. The first-order chi connectivity index (χ1) is 14.0. The summed E-state index contributed by atoms with van der Waals surface area (Å²) in [5, 5.41) is 1.17. The highest BCUT2D eigenvalue weighted by atomic mass is 32.2. The Bertz CT molecular complexity index is 1030. The van der Waals surface area contributed by atoms with Crippen molar-refractivity contribution < 1.29 is 18.3 Å². The third-order valence-corrected chi connectivity index (χ3v) is 6.44. The molecule has 4 rings (SSSR count). The van der Waals surface area contributed by atoms with Crippen molar-refractivity contribution in [3.05, 3.63) is 59.8 Å². The van der Waals surface area contributed by atoms with Gasteiger partial charge in [0.1, 0.15) is 5.75 Å². The van der Waals surface area contributed by atoms with Crippen LogP contribution in [0.2, 0.25) is 0 Å². The largest absolute Gasteiger partial charge is 0.497 e. The number of methoxy groups -OCH3 is 1. The van der Waals surface area contributed by atoms with Crippen LogP contribution in [0.1, 0.15) is 24.3 Å². The van der Waals surface area contributed by atoms with Crippen LogP contribution in [-0.4, -0.2) is 41.7 Å². The van der Waals surface area contributed by atoms with Gasteiger partial charge in [0.05, 0.1) is 12.9 Å². The van der Waals surface area contributed by atoms with Gasteiger partial charge in [-0.2, -0.15) is 0 Å². The maximum atomic E-state index is 13.3. The van der Waals surface area contributed by atoms with E-state index in [4.69, 9.17) is 4.74 Å². The Morgan fingerprint density at radius 3 is 2.69 bits per heavy atom. The molecule has 2 heterocycles. The summed E-state index contributed by atoms with van der Waals surface area (Å²) >= 11 is 1.23. The topological polar surface area (TPSA) is 45.3 Å². The average molecular weight is 416 g/mol. The summed E-state index contributed by atoms with van der Waals surface area (Å²) < 4.78 is 31.7. The van der Waals surface area contributed by atoms with Crippen molar-refractivity contribution >= 4 is 28.6 Å². The summed E-state index contributed by atoms with van der Waals surface area (Å²) in [5.41, 5.74) is 2.35. The monoisotopic (exact) mass is 416 g/mol. The molecule has 1 aromatic heterocycles. The summed E-state index contributed by atoms with van der Waals surface area (Å²) in [4.78, 5) is 18.3. The van der Waals surface area contributed by atoms with Gasteiger partial charge in [-0.25, -0.2) is 8.78 Å². The summed E-state index contributed by atoms with van der Waals surface area (Å²) in [7, 11) is 1.66. The number of hydrogen-bond donors (Lipinski definition) is 1. The zero-order chi connectivity index (χ0) is 20.4. The van der Waals surface area contributed by atoms with Gasteiger partial charge in [-0.1, -0.05) is 0 Å². The van der Waals surface area contributed by atoms with E-state index in [0.717, 1.165) is 36.2 Å². The normalized spacial score (nSPS) is 15.1. The number of carbonyl (C=O) groups is 1. The Morgan fingerprint density at radius 1 is 1.17 bits per heavy atom. The minimum atomic E-state index is -0.890. The first-order valence-electron chi connectivity index (χ1n) is 9.56. The van der Waals surface area contributed by atoms with Crippen LogP contribution in [0, 0.1) is 11.6 Å². The molecule has 0 spiro atoms. The molecule has 1 saturated heterocycles. The molecule has 29 heavy (non-hydrogen) atoms. The van der Waals surface area contributed by atoms with Gasteiger partial charge in [-0.05, 0) is 60.7 Å². The number of aromatic nitrogens is 1. The number of aromatic amines is 1. The molecule has 4 nitrogen and oxygen atoms in total. The molecule has 0 atom stereocenters. The predicted octanol–water partition coefficient (Wildman–Crippen LogP) is 4.95. The van der Waals surface area contributed by atoms with Gasteiger partial charge >= 0.3 is 0 Å². The van der Waals surface area contributed by atoms with E-state index in [0.29, 0.717) is 23.9 Å². The Balaban J connectivity index is 1.35. The van der Waals surface area contributed by atoms with Gasteiger partial charge in [0.15, 0.2) is 11.6 Å². The average Bonchev–Trinajstić information content (AvgIpc) is 3.17. The molecule has 152 valence electrons. The molecule has 1 fully saturated rings. The van der Waals surface area contributed by atoms with Crippen LogP contribution in [0.4, 0.5) is 8.78 Å². The van der Waals surface area contributed by atoms with Gasteiger partial charge in [0.2, 0.25) is 5.91 Å². The maximum absolute atomic E-state index is 13.3. The number of likely N-dealkylation sites (tertiary alicyclic amines) is 1. The van der Waals surface area contributed by atoms with Gasteiger partial charge in [-0.3, -0.25) is 4.79 Å². The van der Waals surface area contributed by atoms with Crippen molar-refractivity contribution in [2.75, 3.05) is 26.0 Å². The Labute approximate surface area is 172 Å². The van der Waals surface area contributed by atoms with E-state index >= 15 is 0 Å². The molecule has 1 aliphatic rings. The number of nitrogens with one attached hydrogen (secondary N) is 1. The Morgan fingerprint density at radius 2 is 1.97 bits per heavy atom. The number of halogens is 2. The van der Waals surface area contributed by atoms with Crippen LogP contribution in [0.25, 0.3) is 10.9 Å². The molecule has 7 heteroatoms. The molecule has 1 aliphatic heterocycles. The molecule has 0 radical (unpaired) electrons. The third-order valence-electron chi connectivity index (χ3n) is 5.46. The quantitative estimate of drug-likeness (QED) is 0.599. The summed E-state index contributed by atoms with van der Waals surface area (Å²) in [5.74, 6) is -0.297. The molecular formula is C22H22F2N2O2S. The van der Waals surface area contributed by atoms with Gasteiger partial charge in [0.25, 0.3) is 0 Å². The molecule has 2 aromatic carbocycles. The van der Waals surface area contributed by atoms with E-state index in [-0.39, 0.29) is 11.7 Å². The van der Waals surface area contributed by atoms with Crippen molar-refractivity contribution in [3.8, 4) is 5.75 Å². The van der Waals surface area contributed by atoms with Crippen LogP contribution >= 0.6 is 11.8 Å². The van der Waals surface area contributed by atoms with E-state index in [1.807, 2.05) is 17.0 Å². The molecule has 0 aliphatic carbocycles. The van der Waals surface area contributed by atoms with Crippen LogP contribution in [0.5, 0.6) is 5.75 Å². The van der Waals surface area contributed by atoms with E-state index in [1.165, 1.54) is 28.8 Å². The lowest BCUT2D eigenvalue weighted by Gasteiger charge is -2.32. The number of thioether (sulfide) groups is 1. The van der Waals surface area contributed by atoms with Crippen LogP contribution in [0.3, 0.4) is 0 Å². The number of ether oxygens (including phenoxy) is 1. The molecule has 1 amide bonds. The number of piperidine rings is 1. The van der Waals surface area contributed by atoms with E-state index in [2.05, 4.69) is 17.2 Å². The zero-order valence-corrected chi connectivity index (χ0v) is 16.9. The minimum absolute atomic E-state index is 0.0266. The van der Waals surface area contributed by atoms with Crippen molar-refractivity contribution in [2.24, 2.45) is 0 Å². The number of carbonyl (C=O) groups excluding carboxylic acids is 1. The lowest BCUT2D eigenvalue weighted by atomic mass is 9.89. The highest BCUT2D eigenvalue weighted by Crippen LogP contribution is 2.35. The fourth-order valence-corrected chi connectivity index (χ4v) is 4.65. The number of H-pyrrole nitrogens is 1. The van der Waals surface area contributed by atoms with Crippen molar-refractivity contribution in [3.63, 3.8) is 0 Å². The summed E-state index contributed by atoms with van der Waals surface area (Å²) in [6.45, 7) is 1.39. The maximum Gasteiger partial charge on any atom is 0.232 e. The SMILES string of the molecule is COc1ccc2[nH]cc(C3CCN(C(=O)CSc4ccc(F)c(F)c4)CC3)c2c1. The molecular weight excluding hydrogens is 394 g/mol. The van der Waals surface area contributed by atoms with Crippen molar-refractivity contribution in [1.82, 2.24) is 9.88 Å². The molecule has 0 bridgehead atoms. The summed E-state index contributed by atoms with van der Waals surface area (Å²) in [6, 6.07) is 9.72. The van der Waals surface area contributed by atoms with Gasteiger partial charge < -0.3 is 14.6 Å². The minimum Gasteiger partial charge on any atom is -0.497 e. The number of amides is 1. The summed E-state index contributed by atoms with van der Waals surface area (Å²) in [6.07, 6.45) is 3.85. The number of benzene rings is 2. The second-order valence-electron chi connectivity index (χ2n) is 7.18. The fourth-order valence-electron chi connectivity index (χ4n) is 3.83. The fraction of sp³-hybridized carbons (Fsp3) is 0.318. The zero-order valence-electron chi connectivity index (χ0n) is 16.1. The van der Waals surface area contributed by atoms with E-state index < -0.39 is 11.6 Å².